The van der Waals surface area contributed by atoms with E-state index in [1.165, 1.54) is 11.3 Å². The van der Waals surface area contributed by atoms with E-state index in [9.17, 15) is 4.79 Å². The first-order valence-electron chi connectivity index (χ1n) is 7.31. The summed E-state index contributed by atoms with van der Waals surface area (Å²) in [6, 6.07) is 7.93. The third kappa shape index (κ3) is 3.06. The van der Waals surface area contributed by atoms with Gasteiger partial charge in [-0.05, 0) is 23.6 Å². The maximum atomic E-state index is 11.9. The Morgan fingerprint density at radius 2 is 2.32 bits per heavy atom. The van der Waals surface area contributed by atoms with Crippen molar-refractivity contribution >= 4 is 28.2 Å². The number of hydrogen-bond donors (Lipinski definition) is 2. The molecule has 0 saturated heterocycles. The van der Waals surface area contributed by atoms with Gasteiger partial charge in [0.25, 0.3) is 0 Å². The monoisotopic (exact) mass is 317 g/mol. The molecule has 0 fully saturated rings. The molecule has 1 aromatic carbocycles. The van der Waals surface area contributed by atoms with Gasteiger partial charge >= 0.3 is 0 Å². The molecule has 22 heavy (non-hydrogen) atoms. The Morgan fingerprint density at radius 1 is 1.50 bits per heavy atom. The minimum absolute atomic E-state index is 0.0128. The summed E-state index contributed by atoms with van der Waals surface area (Å²) in [7, 11) is 0. The van der Waals surface area contributed by atoms with Crippen molar-refractivity contribution in [2.75, 3.05) is 17.7 Å². The van der Waals surface area contributed by atoms with Crippen LogP contribution in [-0.4, -0.2) is 17.5 Å². The number of anilines is 2. The Morgan fingerprint density at radius 3 is 3.09 bits per heavy atom. The number of fused-ring (bicyclic) bond motifs is 1. The summed E-state index contributed by atoms with van der Waals surface area (Å²) in [5.74, 6) is 1.85. The Bertz CT molecular complexity index is 696. The predicted octanol–water partition coefficient (Wildman–Crippen LogP) is 3.23. The Labute approximate surface area is 133 Å². The van der Waals surface area contributed by atoms with Crippen LogP contribution in [0.25, 0.3) is 0 Å². The van der Waals surface area contributed by atoms with Gasteiger partial charge in [0.2, 0.25) is 5.91 Å². The number of ether oxygens (including phenoxy) is 1. The number of carbonyl (C=O) groups is 1. The molecule has 1 amide bonds. The highest BCUT2D eigenvalue weighted by Gasteiger charge is 2.30. The SMILES string of the molecule is CC(C)COc1cccc([C@@H]2CC(=O)Nc3nc(N)sc32)c1. The molecule has 1 aliphatic heterocycles. The quantitative estimate of drug-likeness (QED) is 0.907. The molecule has 2 heterocycles. The number of thiazole rings is 1. The van der Waals surface area contributed by atoms with Crippen molar-refractivity contribution < 1.29 is 9.53 Å². The van der Waals surface area contributed by atoms with Crippen LogP contribution in [0.4, 0.5) is 10.9 Å². The Kier molecular flexibility index (Phi) is 4.02. The van der Waals surface area contributed by atoms with Crippen molar-refractivity contribution in [1.82, 2.24) is 4.98 Å². The fourth-order valence-electron chi connectivity index (χ4n) is 2.49. The fraction of sp³-hybridized carbons (Fsp3) is 0.375. The number of nitrogens with one attached hydrogen (secondary N) is 1. The van der Waals surface area contributed by atoms with Gasteiger partial charge in [0, 0.05) is 12.3 Å². The van der Waals surface area contributed by atoms with E-state index in [0.717, 1.165) is 16.2 Å². The number of aromatic nitrogens is 1. The molecule has 0 spiro atoms. The number of hydrogen-bond acceptors (Lipinski definition) is 5. The van der Waals surface area contributed by atoms with Crippen LogP contribution in [0.15, 0.2) is 24.3 Å². The van der Waals surface area contributed by atoms with Crippen molar-refractivity contribution in [3.05, 3.63) is 34.7 Å². The molecular weight excluding hydrogens is 298 g/mol. The summed E-state index contributed by atoms with van der Waals surface area (Å²) in [4.78, 5) is 17.1. The van der Waals surface area contributed by atoms with Crippen LogP contribution in [0.5, 0.6) is 5.75 Å². The topological polar surface area (TPSA) is 77.2 Å². The molecule has 6 heteroatoms. The van der Waals surface area contributed by atoms with Gasteiger partial charge in [-0.2, -0.15) is 0 Å². The lowest BCUT2D eigenvalue weighted by molar-refractivity contribution is -0.116. The minimum atomic E-state index is -0.0312. The second-order valence-corrected chi connectivity index (χ2v) is 6.91. The third-order valence-corrected chi connectivity index (χ3v) is 4.48. The Balaban J connectivity index is 1.90. The smallest absolute Gasteiger partial charge is 0.226 e. The first-order chi connectivity index (χ1) is 10.5. The number of nitrogens with two attached hydrogens (primary N) is 1. The normalized spacial score (nSPS) is 17.2. The van der Waals surface area contributed by atoms with Crippen molar-refractivity contribution in [2.45, 2.75) is 26.2 Å². The lowest BCUT2D eigenvalue weighted by Gasteiger charge is -2.22. The second kappa shape index (κ2) is 5.96. The van der Waals surface area contributed by atoms with Gasteiger partial charge in [-0.25, -0.2) is 4.98 Å². The van der Waals surface area contributed by atoms with Gasteiger partial charge in [-0.3, -0.25) is 4.79 Å². The molecular formula is C16H19N3O2S. The van der Waals surface area contributed by atoms with Crippen molar-refractivity contribution in [1.29, 1.82) is 0 Å². The lowest BCUT2D eigenvalue weighted by Crippen LogP contribution is -2.22. The van der Waals surface area contributed by atoms with E-state index in [2.05, 4.69) is 24.1 Å². The summed E-state index contributed by atoms with van der Waals surface area (Å²) < 4.78 is 5.78. The molecule has 3 N–H and O–H groups in total. The number of benzene rings is 1. The molecule has 5 nitrogen and oxygen atoms in total. The highest BCUT2D eigenvalue weighted by atomic mass is 32.1. The Hall–Kier alpha value is -2.08. The zero-order chi connectivity index (χ0) is 15.7. The average Bonchev–Trinajstić information content (AvgIpc) is 2.84. The van der Waals surface area contributed by atoms with Crippen molar-refractivity contribution in [2.24, 2.45) is 5.92 Å². The summed E-state index contributed by atoms with van der Waals surface area (Å²) in [5, 5.41) is 3.26. The van der Waals surface area contributed by atoms with E-state index < -0.39 is 0 Å². The molecule has 3 rings (SSSR count). The molecule has 1 aliphatic rings. The highest BCUT2D eigenvalue weighted by Crippen LogP contribution is 2.42. The molecule has 1 aromatic heterocycles. The standard InChI is InChI=1S/C16H19N3O2S/c1-9(2)8-21-11-5-3-4-10(6-11)12-7-13(20)18-15-14(12)22-16(17)19-15/h3-6,9,12H,7-8H2,1-2H3,(H2,17,19)(H,18,20)/t12-/m0/s1. The predicted molar refractivity (Wildman–Crippen MR) is 88.4 cm³/mol. The molecule has 0 saturated carbocycles. The van der Waals surface area contributed by atoms with Crippen LogP contribution >= 0.6 is 11.3 Å². The molecule has 0 aliphatic carbocycles. The van der Waals surface area contributed by atoms with Gasteiger partial charge < -0.3 is 15.8 Å². The zero-order valence-electron chi connectivity index (χ0n) is 12.6. The van der Waals surface area contributed by atoms with Crippen LogP contribution in [0.2, 0.25) is 0 Å². The third-order valence-electron chi connectivity index (χ3n) is 3.48. The number of carbonyl (C=O) groups excluding carboxylic acids is 1. The summed E-state index contributed by atoms with van der Waals surface area (Å²) >= 11 is 1.43. The molecule has 2 aromatic rings. The van der Waals surface area contributed by atoms with E-state index in [-0.39, 0.29) is 11.8 Å². The largest absolute Gasteiger partial charge is 0.493 e. The van der Waals surface area contributed by atoms with Crippen molar-refractivity contribution in [3.63, 3.8) is 0 Å². The molecule has 0 radical (unpaired) electrons. The molecule has 0 unspecified atom stereocenters. The van der Waals surface area contributed by atoms with E-state index >= 15 is 0 Å². The van der Waals surface area contributed by atoms with E-state index in [0.29, 0.717) is 29.9 Å². The van der Waals surface area contributed by atoms with Crippen LogP contribution in [-0.2, 0) is 4.79 Å². The molecule has 0 bridgehead atoms. The van der Waals surface area contributed by atoms with Crippen LogP contribution in [0.1, 0.15) is 36.6 Å². The van der Waals surface area contributed by atoms with Crippen molar-refractivity contribution in [3.8, 4) is 5.75 Å². The van der Waals surface area contributed by atoms with Gasteiger partial charge in [-0.15, -0.1) is 0 Å². The number of nitrogen functional groups attached to an aromatic ring is 1. The second-order valence-electron chi connectivity index (χ2n) is 5.85. The van der Waals surface area contributed by atoms with Gasteiger partial charge in [0.1, 0.15) is 11.6 Å². The van der Waals surface area contributed by atoms with Crippen LogP contribution < -0.4 is 15.8 Å². The molecule has 116 valence electrons. The number of nitrogens with zero attached hydrogens (tertiary/aromatic N) is 1. The van der Waals surface area contributed by atoms with Gasteiger partial charge in [0.05, 0.1) is 11.5 Å². The molecule has 1 atom stereocenters. The van der Waals surface area contributed by atoms with E-state index in [1.807, 2.05) is 24.3 Å². The van der Waals surface area contributed by atoms with E-state index in [4.69, 9.17) is 10.5 Å². The highest BCUT2D eigenvalue weighted by molar-refractivity contribution is 7.16. The zero-order valence-corrected chi connectivity index (χ0v) is 13.4. The van der Waals surface area contributed by atoms with Gasteiger partial charge in [-0.1, -0.05) is 37.3 Å². The van der Waals surface area contributed by atoms with Crippen LogP contribution in [0.3, 0.4) is 0 Å². The average molecular weight is 317 g/mol. The fourth-order valence-corrected chi connectivity index (χ4v) is 3.41. The minimum Gasteiger partial charge on any atom is -0.493 e. The van der Waals surface area contributed by atoms with Crippen LogP contribution in [0, 0.1) is 5.92 Å². The summed E-state index contributed by atoms with van der Waals surface area (Å²) in [6.07, 6.45) is 0.405. The summed E-state index contributed by atoms with van der Waals surface area (Å²) in [6.45, 7) is 4.90. The maximum Gasteiger partial charge on any atom is 0.226 e. The maximum absolute atomic E-state index is 11.9. The summed E-state index contributed by atoms with van der Waals surface area (Å²) in [5.41, 5.74) is 6.84. The van der Waals surface area contributed by atoms with Gasteiger partial charge in [0.15, 0.2) is 5.13 Å². The lowest BCUT2D eigenvalue weighted by atomic mass is 9.91. The first kappa shape index (κ1) is 14.8. The number of rotatable bonds is 4. The number of amides is 1. The first-order valence-corrected chi connectivity index (χ1v) is 8.13. The van der Waals surface area contributed by atoms with E-state index in [1.54, 1.807) is 0 Å².